The molecule has 8 rings (SSSR count). The van der Waals surface area contributed by atoms with Gasteiger partial charge in [0.05, 0.1) is 19.3 Å². The lowest BCUT2D eigenvalue weighted by atomic mass is 10.1. The Hall–Kier alpha value is -5.46. The molecule has 5 atom stereocenters. The number of rotatable bonds is 12. The Kier molecular flexibility index (Phi) is 9.26. The maximum atomic E-state index is 10.2. The van der Waals surface area contributed by atoms with Crippen molar-refractivity contribution in [3.8, 4) is 5.88 Å². The van der Waals surface area contributed by atoms with E-state index in [-0.39, 0.29) is 19.2 Å². The van der Waals surface area contributed by atoms with Gasteiger partial charge in [0.25, 0.3) is 5.95 Å². The molecule has 0 saturated carbocycles. The van der Waals surface area contributed by atoms with Crippen molar-refractivity contribution in [2.24, 2.45) is 4.99 Å². The van der Waals surface area contributed by atoms with Crippen molar-refractivity contribution < 1.29 is 24.1 Å². The topological polar surface area (TPSA) is 116 Å². The van der Waals surface area contributed by atoms with E-state index in [9.17, 15) is 5.11 Å². The molecule has 1 N–H and O–H groups in total. The monoisotopic (exact) mass is 668 g/mol. The minimum atomic E-state index is -0.683. The summed E-state index contributed by atoms with van der Waals surface area (Å²) in [5.74, 6) is 0.494. The lowest BCUT2D eigenvalue weighted by Gasteiger charge is -2.21. The van der Waals surface area contributed by atoms with Crippen LogP contribution in [0.5, 0.6) is 5.88 Å². The molecular weight excluding hydrogens is 632 g/mol. The number of aliphatic imine (C=N–C) groups is 1. The van der Waals surface area contributed by atoms with E-state index < -0.39 is 30.8 Å². The van der Waals surface area contributed by atoms with E-state index >= 15 is 0 Å². The van der Waals surface area contributed by atoms with Crippen molar-refractivity contribution in [3.05, 3.63) is 150 Å². The maximum Gasteiger partial charge on any atom is 0.256 e. The molecule has 252 valence electrons. The smallest absolute Gasteiger partial charge is 0.256 e. The highest BCUT2D eigenvalue weighted by Gasteiger charge is 2.54. The number of benzene rings is 4. The molecule has 11 heteroatoms. The second kappa shape index (κ2) is 14.6. The van der Waals surface area contributed by atoms with Gasteiger partial charge >= 0.3 is 0 Å². The molecule has 0 amide bonds. The fourth-order valence-electron chi connectivity index (χ4n) is 6.33. The standard InChI is InChI=1S/C39H36N6O5/c46-23-31-33-34(50-38(49-33)30-19-11-4-12-20-30)37(48-31)45-26-40-32-35(45)42-39(43-36(32)47-24-29-17-9-3-10-18-29)41-25-44(21-27-13-5-1-6-14-27)22-28-15-7-2-8-16-28/h1-20,25-26,31,33-34,37-38,46H,21-24H2/b41-25+/t31-,33-,34-,37-,38?/m1/s1. The zero-order chi connectivity index (χ0) is 33.7. The van der Waals surface area contributed by atoms with Crippen LogP contribution in [0.3, 0.4) is 0 Å². The van der Waals surface area contributed by atoms with Crippen molar-refractivity contribution in [1.82, 2.24) is 24.4 Å². The van der Waals surface area contributed by atoms with Crippen LogP contribution in [-0.2, 0) is 33.9 Å². The number of aliphatic hydroxyl groups is 1. The molecule has 1 unspecified atom stereocenters. The minimum absolute atomic E-state index is 0.201. The van der Waals surface area contributed by atoms with E-state index in [1.54, 1.807) is 17.2 Å². The molecule has 0 radical (unpaired) electrons. The first-order chi connectivity index (χ1) is 24.7. The number of ether oxygens (including phenoxy) is 4. The number of aliphatic hydroxyl groups excluding tert-OH is 1. The molecule has 2 aromatic heterocycles. The first-order valence-corrected chi connectivity index (χ1v) is 16.6. The van der Waals surface area contributed by atoms with E-state index in [2.05, 4.69) is 34.1 Å². The van der Waals surface area contributed by atoms with Crippen molar-refractivity contribution in [2.75, 3.05) is 6.61 Å². The lowest BCUT2D eigenvalue weighted by molar-refractivity contribution is -0.153. The van der Waals surface area contributed by atoms with Gasteiger partial charge < -0.3 is 29.0 Å². The first kappa shape index (κ1) is 31.8. The van der Waals surface area contributed by atoms with E-state index in [1.807, 2.05) is 97.1 Å². The van der Waals surface area contributed by atoms with Gasteiger partial charge in [-0.2, -0.15) is 9.97 Å². The molecule has 0 aliphatic carbocycles. The van der Waals surface area contributed by atoms with Crippen LogP contribution in [0.4, 0.5) is 5.95 Å². The quantitative estimate of drug-likeness (QED) is 0.121. The minimum Gasteiger partial charge on any atom is -0.471 e. The van der Waals surface area contributed by atoms with E-state index in [0.29, 0.717) is 30.1 Å². The average molecular weight is 669 g/mol. The zero-order valence-corrected chi connectivity index (χ0v) is 27.2. The Morgan fingerprint density at radius 3 is 1.98 bits per heavy atom. The van der Waals surface area contributed by atoms with E-state index in [1.165, 1.54) is 0 Å². The van der Waals surface area contributed by atoms with Gasteiger partial charge in [0.2, 0.25) is 5.88 Å². The largest absolute Gasteiger partial charge is 0.471 e. The highest BCUT2D eigenvalue weighted by atomic mass is 16.8. The number of hydrogen-bond donors (Lipinski definition) is 1. The molecule has 50 heavy (non-hydrogen) atoms. The molecular formula is C39H36N6O5. The fraction of sp³-hybridized carbons (Fsp3) is 0.231. The molecule has 2 saturated heterocycles. The van der Waals surface area contributed by atoms with Gasteiger partial charge in [-0.25, -0.2) is 9.98 Å². The summed E-state index contributed by atoms with van der Waals surface area (Å²) in [7, 11) is 0. The summed E-state index contributed by atoms with van der Waals surface area (Å²) in [6, 6.07) is 40.1. The summed E-state index contributed by atoms with van der Waals surface area (Å²) in [5.41, 5.74) is 5.08. The Morgan fingerprint density at radius 2 is 1.34 bits per heavy atom. The third-order valence-electron chi connectivity index (χ3n) is 8.76. The van der Waals surface area contributed by atoms with Crippen LogP contribution >= 0.6 is 0 Å². The van der Waals surface area contributed by atoms with Crippen LogP contribution in [0.25, 0.3) is 11.2 Å². The SMILES string of the molecule is OC[C@H]1O[C@@H](n2cnc3c(OCc4ccccc4)nc(/N=C/N(Cc4ccccc4)Cc4ccccc4)nc32)[C@@H]2OC(c3ccccc3)O[C@@H]21. The van der Waals surface area contributed by atoms with Crippen molar-refractivity contribution >= 4 is 23.5 Å². The molecule has 2 aliphatic heterocycles. The third kappa shape index (κ3) is 6.85. The Labute approximate surface area is 289 Å². The van der Waals surface area contributed by atoms with Crippen LogP contribution < -0.4 is 4.74 Å². The van der Waals surface area contributed by atoms with Crippen LogP contribution in [-0.4, -0.2) is 60.8 Å². The number of imidazole rings is 1. The van der Waals surface area contributed by atoms with Gasteiger partial charge in [0.1, 0.15) is 24.9 Å². The number of aromatic nitrogens is 4. The van der Waals surface area contributed by atoms with Crippen LogP contribution in [0.2, 0.25) is 0 Å². The molecule has 6 aromatic rings. The second-order valence-electron chi connectivity index (χ2n) is 12.2. The van der Waals surface area contributed by atoms with Crippen LogP contribution in [0.15, 0.2) is 133 Å². The zero-order valence-electron chi connectivity index (χ0n) is 27.2. The van der Waals surface area contributed by atoms with Gasteiger partial charge in [0.15, 0.2) is 23.7 Å². The third-order valence-corrected chi connectivity index (χ3v) is 8.76. The Bertz CT molecular complexity index is 1990. The predicted molar refractivity (Wildman–Crippen MR) is 186 cm³/mol. The second-order valence-corrected chi connectivity index (χ2v) is 12.2. The number of nitrogens with zero attached hydrogens (tertiary/aromatic N) is 6. The fourth-order valence-corrected chi connectivity index (χ4v) is 6.33. The van der Waals surface area contributed by atoms with Gasteiger partial charge in [-0.3, -0.25) is 4.57 Å². The van der Waals surface area contributed by atoms with Crippen LogP contribution in [0.1, 0.15) is 34.8 Å². The summed E-state index contributed by atoms with van der Waals surface area (Å²) in [5, 5.41) is 10.2. The molecule has 2 aliphatic rings. The van der Waals surface area contributed by atoms with E-state index in [4.69, 9.17) is 33.9 Å². The summed E-state index contributed by atoms with van der Waals surface area (Å²) in [6.07, 6.45) is 0.501. The lowest BCUT2D eigenvalue weighted by Crippen LogP contribution is -2.30. The first-order valence-electron chi connectivity index (χ1n) is 16.6. The molecule has 0 bridgehead atoms. The van der Waals surface area contributed by atoms with Gasteiger partial charge in [-0.15, -0.1) is 0 Å². The summed E-state index contributed by atoms with van der Waals surface area (Å²) in [4.78, 5) is 21.2. The van der Waals surface area contributed by atoms with Crippen molar-refractivity contribution in [1.29, 1.82) is 0 Å². The molecule has 2 fully saturated rings. The van der Waals surface area contributed by atoms with Gasteiger partial charge in [-0.1, -0.05) is 121 Å². The van der Waals surface area contributed by atoms with Gasteiger partial charge in [-0.05, 0) is 16.7 Å². The molecule has 4 aromatic carbocycles. The summed E-state index contributed by atoms with van der Waals surface area (Å²) >= 11 is 0. The molecule has 0 spiro atoms. The van der Waals surface area contributed by atoms with Crippen LogP contribution in [0, 0.1) is 0 Å². The number of hydrogen-bond acceptors (Lipinski definition) is 9. The molecule has 4 heterocycles. The summed E-state index contributed by atoms with van der Waals surface area (Å²) < 4.78 is 27.1. The highest BCUT2D eigenvalue weighted by molar-refractivity contribution is 5.78. The van der Waals surface area contributed by atoms with Crippen molar-refractivity contribution in [2.45, 2.75) is 50.5 Å². The highest BCUT2D eigenvalue weighted by Crippen LogP contribution is 2.45. The normalized spacial score (nSPS) is 21.5. The summed E-state index contributed by atoms with van der Waals surface area (Å²) in [6.45, 7) is 1.32. The Balaban J connectivity index is 1.14. The van der Waals surface area contributed by atoms with E-state index in [0.717, 1.165) is 22.3 Å². The number of fused-ring (bicyclic) bond motifs is 2. The predicted octanol–water partition coefficient (Wildman–Crippen LogP) is 6.14. The molecule has 11 nitrogen and oxygen atoms in total. The van der Waals surface area contributed by atoms with Gasteiger partial charge in [0, 0.05) is 18.7 Å². The maximum absolute atomic E-state index is 10.2. The Morgan fingerprint density at radius 1 is 0.740 bits per heavy atom. The van der Waals surface area contributed by atoms with Crippen molar-refractivity contribution in [3.63, 3.8) is 0 Å². The average Bonchev–Trinajstić information content (AvgIpc) is 3.89.